The van der Waals surface area contributed by atoms with Crippen LogP contribution >= 0.6 is 0 Å². The monoisotopic (exact) mass is 279 g/mol. The minimum absolute atomic E-state index is 0.561. The molecule has 3 heteroatoms. The second kappa shape index (κ2) is 4.92. The minimum Gasteiger partial charge on any atom is -0.307 e. The highest BCUT2D eigenvalue weighted by Gasteiger charge is 2.31. The van der Waals surface area contributed by atoms with E-state index in [0.717, 1.165) is 24.5 Å². The Morgan fingerprint density at radius 1 is 1.05 bits per heavy atom. The normalized spacial score (nSPS) is 17.3. The first kappa shape index (κ1) is 13.0. The van der Waals surface area contributed by atoms with Crippen LogP contribution in [0.15, 0.2) is 24.3 Å². The van der Waals surface area contributed by atoms with Crippen molar-refractivity contribution in [1.82, 2.24) is 15.3 Å². The molecule has 1 fully saturated rings. The Morgan fingerprint density at radius 2 is 1.81 bits per heavy atom. The third-order valence-electron chi connectivity index (χ3n) is 4.52. The highest BCUT2D eigenvalue weighted by atomic mass is 15.0. The molecule has 4 rings (SSSR count). The van der Waals surface area contributed by atoms with Crippen molar-refractivity contribution >= 4 is 0 Å². The largest absolute Gasteiger partial charge is 0.307 e. The number of hydrogen-bond acceptors (Lipinski definition) is 3. The highest BCUT2D eigenvalue weighted by Crippen LogP contribution is 2.42. The van der Waals surface area contributed by atoms with E-state index in [1.165, 1.54) is 35.4 Å². The summed E-state index contributed by atoms with van der Waals surface area (Å²) in [5.41, 5.74) is 6.36. The van der Waals surface area contributed by atoms with Gasteiger partial charge in [-0.3, -0.25) is 0 Å². The van der Waals surface area contributed by atoms with Gasteiger partial charge in [0.05, 0.1) is 11.4 Å². The van der Waals surface area contributed by atoms with Crippen LogP contribution in [0.2, 0.25) is 0 Å². The maximum atomic E-state index is 4.90. The lowest BCUT2D eigenvalue weighted by atomic mass is 10.0. The highest BCUT2D eigenvalue weighted by molar-refractivity contribution is 5.57. The van der Waals surface area contributed by atoms with Crippen LogP contribution in [0, 0.1) is 0 Å². The van der Waals surface area contributed by atoms with Gasteiger partial charge in [0.1, 0.15) is 0 Å². The Morgan fingerprint density at radius 3 is 2.48 bits per heavy atom. The molecule has 1 aliphatic heterocycles. The zero-order chi connectivity index (χ0) is 14.4. The summed E-state index contributed by atoms with van der Waals surface area (Å²) in [5.74, 6) is 2.14. The van der Waals surface area contributed by atoms with Gasteiger partial charge in [-0.1, -0.05) is 38.1 Å². The molecule has 1 saturated carbocycles. The van der Waals surface area contributed by atoms with Gasteiger partial charge in [0.15, 0.2) is 5.82 Å². The number of benzene rings is 1. The molecule has 0 unspecified atom stereocenters. The van der Waals surface area contributed by atoms with E-state index in [0.29, 0.717) is 11.8 Å². The fourth-order valence-electron chi connectivity index (χ4n) is 3.04. The Bertz CT molecular complexity index is 670. The van der Waals surface area contributed by atoms with Gasteiger partial charge >= 0.3 is 0 Å². The number of hydrogen-bond donors (Lipinski definition) is 1. The number of rotatable bonds is 3. The molecule has 108 valence electrons. The zero-order valence-electron chi connectivity index (χ0n) is 12.7. The zero-order valence-corrected chi connectivity index (χ0v) is 12.7. The molecule has 0 atom stereocenters. The first-order valence-electron chi connectivity index (χ1n) is 7.93. The fraction of sp³-hybridized carbons (Fsp3) is 0.444. The molecule has 2 heterocycles. The molecule has 0 spiro atoms. The molecule has 1 aromatic carbocycles. The Hall–Kier alpha value is -1.74. The van der Waals surface area contributed by atoms with E-state index in [1.807, 2.05) is 0 Å². The lowest BCUT2D eigenvalue weighted by molar-refractivity contribution is 0.755. The molecule has 1 N–H and O–H groups in total. The molecular formula is C18H21N3. The quantitative estimate of drug-likeness (QED) is 0.930. The average Bonchev–Trinajstić information content (AvgIpc) is 3.23. The molecule has 21 heavy (non-hydrogen) atoms. The van der Waals surface area contributed by atoms with E-state index in [9.17, 15) is 0 Å². The molecular weight excluding hydrogens is 258 g/mol. The van der Waals surface area contributed by atoms with E-state index in [1.54, 1.807) is 0 Å². The van der Waals surface area contributed by atoms with E-state index in [-0.39, 0.29) is 0 Å². The summed E-state index contributed by atoms with van der Waals surface area (Å²) < 4.78 is 0. The van der Waals surface area contributed by atoms with Crippen LogP contribution in [-0.2, 0) is 13.1 Å². The molecule has 0 saturated heterocycles. The minimum atomic E-state index is 0.561. The van der Waals surface area contributed by atoms with Crippen molar-refractivity contribution in [3.05, 3.63) is 46.8 Å². The van der Waals surface area contributed by atoms with Gasteiger partial charge < -0.3 is 5.32 Å². The van der Waals surface area contributed by atoms with Gasteiger partial charge in [-0.25, -0.2) is 9.97 Å². The molecule has 3 nitrogen and oxygen atoms in total. The summed E-state index contributed by atoms with van der Waals surface area (Å²) in [6.07, 6.45) is 2.57. The topological polar surface area (TPSA) is 37.8 Å². The van der Waals surface area contributed by atoms with Gasteiger partial charge in [0.2, 0.25) is 0 Å². The van der Waals surface area contributed by atoms with Crippen LogP contribution in [-0.4, -0.2) is 9.97 Å². The number of aromatic nitrogens is 2. The van der Waals surface area contributed by atoms with Crippen LogP contribution in [0.4, 0.5) is 0 Å². The van der Waals surface area contributed by atoms with E-state index < -0.39 is 0 Å². The van der Waals surface area contributed by atoms with Gasteiger partial charge in [0, 0.05) is 30.1 Å². The average molecular weight is 279 g/mol. The predicted molar refractivity (Wildman–Crippen MR) is 84.1 cm³/mol. The van der Waals surface area contributed by atoms with Crippen LogP contribution in [0.5, 0.6) is 0 Å². The van der Waals surface area contributed by atoms with Gasteiger partial charge in [-0.05, 0) is 24.3 Å². The number of nitrogens with zero attached hydrogens (tertiary/aromatic N) is 2. The fourth-order valence-corrected chi connectivity index (χ4v) is 3.04. The van der Waals surface area contributed by atoms with Crippen molar-refractivity contribution in [1.29, 1.82) is 0 Å². The summed E-state index contributed by atoms with van der Waals surface area (Å²) in [6.45, 7) is 6.26. The first-order valence-corrected chi connectivity index (χ1v) is 7.93. The number of nitrogens with one attached hydrogen (secondary N) is 1. The molecule has 1 aliphatic carbocycles. The lowest BCUT2D eigenvalue weighted by Crippen LogP contribution is -2.02. The second-order valence-electron chi connectivity index (χ2n) is 6.51. The summed E-state index contributed by atoms with van der Waals surface area (Å²) in [4.78, 5) is 9.70. The van der Waals surface area contributed by atoms with Crippen molar-refractivity contribution in [2.24, 2.45) is 0 Å². The van der Waals surface area contributed by atoms with Gasteiger partial charge in [-0.2, -0.15) is 0 Å². The Kier molecular flexibility index (Phi) is 3.03. The summed E-state index contributed by atoms with van der Waals surface area (Å²) in [7, 11) is 0. The maximum Gasteiger partial charge on any atom is 0.159 e. The maximum absolute atomic E-state index is 4.90. The standard InChI is InChI=1S/C18H21N3/c1-11(2)12-3-7-14(8-4-12)18-20-16-10-19-9-15(16)17(21-18)13-5-6-13/h3-4,7-8,11,13,19H,5-6,9-10H2,1-2H3. The van der Waals surface area contributed by atoms with Crippen LogP contribution < -0.4 is 5.32 Å². The molecule has 0 bridgehead atoms. The van der Waals surface area contributed by atoms with E-state index in [4.69, 9.17) is 9.97 Å². The smallest absolute Gasteiger partial charge is 0.159 e. The third kappa shape index (κ3) is 2.36. The second-order valence-corrected chi connectivity index (χ2v) is 6.51. The van der Waals surface area contributed by atoms with Gasteiger partial charge in [0.25, 0.3) is 0 Å². The van der Waals surface area contributed by atoms with Crippen molar-refractivity contribution in [2.45, 2.75) is 51.6 Å². The third-order valence-corrected chi connectivity index (χ3v) is 4.52. The van der Waals surface area contributed by atoms with Crippen molar-refractivity contribution in [3.8, 4) is 11.4 Å². The van der Waals surface area contributed by atoms with E-state index in [2.05, 4.69) is 43.4 Å². The predicted octanol–water partition coefficient (Wildman–Crippen LogP) is 3.75. The Balaban J connectivity index is 1.76. The number of fused-ring (bicyclic) bond motifs is 1. The molecule has 2 aromatic rings. The van der Waals surface area contributed by atoms with Crippen molar-refractivity contribution in [2.75, 3.05) is 0 Å². The molecule has 2 aliphatic rings. The molecule has 1 aromatic heterocycles. The molecule has 0 radical (unpaired) electrons. The lowest BCUT2D eigenvalue weighted by Gasteiger charge is -2.10. The first-order chi connectivity index (χ1) is 10.2. The van der Waals surface area contributed by atoms with Crippen molar-refractivity contribution < 1.29 is 0 Å². The van der Waals surface area contributed by atoms with Crippen molar-refractivity contribution in [3.63, 3.8) is 0 Å². The van der Waals surface area contributed by atoms with Crippen LogP contribution in [0.25, 0.3) is 11.4 Å². The Labute approximate surface area is 125 Å². The van der Waals surface area contributed by atoms with Gasteiger partial charge in [-0.15, -0.1) is 0 Å². The summed E-state index contributed by atoms with van der Waals surface area (Å²) >= 11 is 0. The van der Waals surface area contributed by atoms with Crippen LogP contribution in [0.1, 0.15) is 61.0 Å². The van der Waals surface area contributed by atoms with E-state index >= 15 is 0 Å². The van der Waals surface area contributed by atoms with Crippen LogP contribution in [0.3, 0.4) is 0 Å². The molecule has 0 amide bonds. The summed E-state index contributed by atoms with van der Waals surface area (Å²) in [6, 6.07) is 8.73. The SMILES string of the molecule is CC(C)c1ccc(-c2nc3c(c(C4CC4)n2)CNC3)cc1. The summed E-state index contributed by atoms with van der Waals surface area (Å²) in [5, 5.41) is 3.41.